The third kappa shape index (κ3) is 16.7. The molecule has 4 aliphatic heterocycles. The first-order valence-electron chi connectivity index (χ1n) is 43.0. The first kappa shape index (κ1) is 89.7. The van der Waals surface area contributed by atoms with Gasteiger partial charge in [0.25, 0.3) is 0 Å². The van der Waals surface area contributed by atoms with E-state index in [1.165, 1.54) is 135 Å². The molecule has 0 radical (unpaired) electrons. The van der Waals surface area contributed by atoms with Crippen molar-refractivity contribution in [2.75, 3.05) is 9.80 Å². The van der Waals surface area contributed by atoms with Crippen LogP contribution in [-0.4, -0.2) is 76.3 Å². The van der Waals surface area contributed by atoms with Gasteiger partial charge < -0.3 is 28.4 Å². The predicted molar refractivity (Wildman–Crippen MR) is 518 cm³/mol. The lowest BCUT2D eigenvalue weighted by atomic mass is 9.49. The summed E-state index contributed by atoms with van der Waals surface area (Å²) in [5.74, 6) is 2.58. The highest BCUT2D eigenvalue weighted by atomic mass is 79.9. The van der Waals surface area contributed by atoms with E-state index in [-0.39, 0.29) is 34.0 Å². The van der Waals surface area contributed by atoms with E-state index in [1.54, 1.807) is 24.4 Å². The second kappa shape index (κ2) is 35.3. The number of hydrogen-bond acceptors (Lipinski definition) is 14. The molecule has 14 nitrogen and oxygen atoms in total. The van der Waals surface area contributed by atoms with Gasteiger partial charge >= 0.3 is 14.0 Å². The average molecular weight is 1810 g/mol. The summed E-state index contributed by atoms with van der Waals surface area (Å²) in [5, 5.41) is 0. The summed E-state index contributed by atoms with van der Waals surface area (Å²) in [6.07, 6.45) is 9.29. The molecular formula is C106H108B2Br2F2N10O4. The molecule has 10 aromatic carbocycles. The monoisotopic (exact) mass is 1800 g/mol. The van der Waals surface area contributed by atoms with Crippen LogP contribution < -0.4 is 9.80 Å². The Morgan fingerprint density at radius 3 is 0.865 bits per heavy atom. The maximum Gasteiger partial charge on any atom is 0.488 e. The summed E-state index contributed by atoms with van der Waals surface area (Å²) < 4.78 is 55.3. The molecule has 0 amide bonds. The molecule has 20 heteroatoms. The number of aromatic nitrogens is 8. The predicted octanol–water partition coefficient (Wildman–Crippen LogP) is 27.6. The summed E-state index contributed by atoms with van der Waals surface area (Å²) in [5.41, 5.74) is 38.5. The molecule has 4 aliphatic rings. The molecular weight excluding hydrogens is 1700 g/mol. The van der Waals surface area contributed by atoms with Gasteiger partial charge in [0, 0.05) is 74.2 Å². The van der Waals surface area contributed by atoms with Crippen molar-refractivity contribution in [2.45, 2.75) is 201 Å². The molecule has 0 atom stereocenters. The minimum Gasteiger partial charge on any atom is -0.405 e. The lowest BCUT2D eigenvalue weighted by molar-refractivity contribution is 0.00578. The lowest BCUT2D eigenvalue weighted by Crippen LogP contribution is -2.41. The molecule has 2 fully saturated rings. The van der Waals surface area contributed by atoms with Crippen LogP contribution in [0.15, 0.2) is 204 Å². The SMILES string of the molecule is CC1(C)OB(B2OC(C)(C)C(C)(C)O2)OC1(C)C.Cc1c(C)c(C)c2c(c1C)Cc1c(C)c(C)c(C)c(C)c1N2c1cnccc1-c1cc(-c2nc(-c3ccccc3)nc(-c3ccccc3)n2)ccc1F.Cc1c(C)c(C)c2c(c1C)Cc1c(C)c(C)c(C)c(C)c1N2c1cnccc1Br.Fc1ccc(-c2nc(-c3ccccc3)nc(-c3ccccc3)n2)cc1Br. The van der Waals surface area contributed by atoms with Crippen LogP contribution >= 0.6 is 31.9 Å². The Morgan fingerprint density at radius 1 is 0.286 bits per heavy atom. The Balaban J connectivity index is 0.000000142. The van der Waals surface area contributed by atoms with Crippen LogP contribution in [0.1, 0.15) is 167 Å². The Bertz CT molecular complexity index is 6280. The van der Waals surface area contributed by atoms with E-state index in [1.807, 2.05) is 214 Å². The van der Waals surface area contributed by atoms with Crippen LogP contribution in [0.5, 0.6) is 0 Å². The van der Waals surface area contributed by atoms with Crippen LogP contribution in [0.4, 0.5) is 42.9 Å². The zero-order valence-electron chi connectivity index (χ0n) is 76.7. The Labute approximate surface area is 759 Å². The minimum atomic E-state index is -0.476. The van der Waals surface area contributed by atoms with Crippen molar-refractivity contribution < 1.29 is 27.4 Å². The molecule has 4 aromatic heterocycles. The van der Waals surface area contributed by atoms with Crippen molar-refractivity contribution >= 4 is 80.0 Å². The third-order valence-electron chi connectivity index (χ3n) is 27.6. The molecule has 0 N–H and O–H groups in total. The molecule has 0 bridgehead atoms. The first-order chi connectivity index (χ1) is 59.8. The highest BCUT2D eigenvalue weighted by Crippen LogP contribution is 2.56. The zero-order chi connectivity index (χ0) is 90.2. The van der Waals surface area contributed by atoms with Crippen molar-refractivity contribution in [3.05, 3.63) is 326 Å². The smallest absolute Gasteiger partial charge is 0.405 e. The summed E-state index contributed by atoms with van der Waals surface area (Å²) in [6, 6.07) is 53.1. The van der Waals surface area contributed by atoms with E-state index in [2.05, 4.69) is 177 Å². The van der Waals surface area contributed by atoms with Gasteiger partial charge in [0.1, 0.15) is 11.6 Å². The normalized spacial score (nSPS) is 14.8. The summed E-state index contributed by atoms with van der Waals surface area (Å²) in [4.78, 5) is 42.6. The zero-order valence-corrected chi connectivity index (χ0v) is 79.8. The second-order valence-electron chi connectivity index (χ2n) is 35.7. The van der Waals surface area contributed by atoms with Crippen LogP contribution in [0, 0.1) is 122 Å². The minimum absolute atomic E-state index is 0.325. The number of fused-ring (bicyclic) bond motifs is 4. The Hall–Kier alpha value is -11.1. The molecule has 0 aliphatic carbocycles. The molecule has 8 heterocycles. The molecule has 2 saturated heterocycles. The highest BCUT2D eigenvalue weighted by molar-refractivity contribution is 9.10. The maximum absolute atomic E-state index is 16.4. The molecule has 0 spiro atoms. The molecule has 640 valence electrons. The van der Waals surface area contributed by atoms with Gasteiger partial charge in [0.2, 0.25) is 0 Å². The number of halogens is 4. The summed E-state index contributed by atoms with van der Waals surface area (Å²) >= 11 is 7.03. The Kier molecular flexibility index (Phi) is 25.1. The van der Waals surface area contributed by atoms with Gasteiger partial charge in [-0.2, -0.15) is 0 Å². The van der Waals surface area contributed by atoms with Crippen LogP contribution in [0.3, 0.4) is 0 Å². The Morgan fingerprint density at radius 2 is 0.556 bits per heavy atom. The van der Waals surface area contributed by atoms with Gasteiger partial charge in [-0.05, 0) is 358 Å². The molecule has 14 aromatic rings. The van der Waals surface area contributed by atoms with E-state index in [4.69, 9.17) is 33.6 Å². The van der Waals surface area contributed by atoms with Crippen molar-refractivity contribution in [3.8, 4) is 79.5 Å². The van der Waals surface area contributed by atoms with E-state index in [9.17, 15) is 4.39 Å². The van der Waals surface area contributed by atoms with Crippen LogP contribution in [0.2, 0.25) is 0 Å². The number of pyridine rings is 2. The van der Waals surface area contributed by atoms with Gasteiger partial charge in [0.15, 0.2) is 34.9 Å². The van der Waals surface area contributed by atoms with Crippen LogP contribution in [-0.2, 0) is 31.5 Å². The van der Waals surface area contributed by atoms with Gasteiger partial charge in [-0.15, -0.1) is 0 Å². The van der Waals surface area contributed by atoms with E-state index in [0.29, 0.717) is 50.5 Å². The standard InChI is InChI=1S/C47H42FN5.C26H29BrN2.C21H13BrFN3.C12H24B2O4/c1-26-28(3)32(7)43-38(30(26)5)24-39-31(6)27(2)29(4)33(8)44(39)53(43)42-25-49-22-21-37(42)40-23-36(19-20-41(40)48)47-51-45(34-15-11-9-12-16-34)50-46(52-47)35-17-13-10-14-18-35;1-13-15(3)19(7)25-21(17(13)5)11-22-18(6)14(2)16(4)20(8)26(22)29(25)24-12-28-10-9-23(24)27;22-17-13-16(11-12-18(17)23)21-25-19(14-7-3-1-4-8-14)24-20(26-21)15-9-5-2-6-10-15;1-9(2)10(3,4)16-13(15-9)14-17-11(5,6)12(7,8)18-14/h9-23,25H,24H2,1-8H3;9-10,12H,11H2,1-8H3;1-13H;1-8H3. The van der Waals surface area contributed by atoms with Crippen molar-refractivity contribution in [1.82, 2.24) is 39.9 Å². The largest absolute Gasteiger partial charge is 0.488 e. The maximum atomic E-state index is 16.4. The molecule has 0 saturated carbocycles. The number of rotatable bonds is 10. The fraction of sp³-hybridized carbons (Fsp3) is 0.283. The van der Waals surface area contributed by atoms with Crippen LogP contribution in [0.25, 0.3) is 79.5 Å². The number of hydrogen-bond donors (Lipinski definition) is 0. The van der Waals surface area contributed by atoms with E-state index >= 15 is 4.39 Å². The van der Waals surface area contributed by atoms with Gasteiger partial charge in [-0.25, -0.2) is 38.7 Å². The lowest BCUT2D eigenvalue weighted by Gasteiger charge is -2.40. The molecule has 18 rings (SSSR count). The number of nitrogens with zero attached hydrogens (tertiary/aromatic N) is 10. The van der Waals surface area contributed by atoms with Gasteiger partial charge in [-0.3, -0.25) is 9.97 Å². The highest BCUT2D eigenvalue weighted by Gasteiger charge is 2.64. The van der Waals surface area contributed by atoms with Crippen molar-refractivity contribution in [2.24, 2.45) is 0 Å². The van der Waals surface area contributed by atoms with Gasteiger partial charge in [0.05, 0.1) is 73.4 Å². The molecule has 0 unspecified atom stereocenters. The van der Waals surface area contributed by atoms with Crippen molar-refractivity contribution in [3.63, 3.8) is 0 Å². The number of anilines is 6. The third-order valence-corrected chi connectivity index (χ3v) is 28.9. The summed E-state index contributed by atoms with van der Waals surface area (Å²) in [7, 11) is -0.952. The van der Waals surface area contributed by atoms with Crippen molar-refractivity contribution in [1.29, 1.82) is 0 Å². The number of benzene rings is 10. The van der Waals surface area contributed by atoms with E-state index in [0.717, 1.165) is 73.4 Å². The van der Waals surface area contributed by atoms with Gasteiger partial charge in [-0.1, -0.05) is 121 Å². The quantitative estimate of drug-likeness (QED) is 0.120. The fourth-order valence-electron chi connectivity index (χ4n) is 17.3. The average Bonchev–Trinajstić information content (AvgIpc) is 0.821. The first-order valence-corrected chi connectivity index (χ1v) is 44.6. The topological polar surface area (TPSA) is 147 Å². The fourth-order valence-corrected chi connectivity index (χ4v) is 18.1. The van der Waals surface area contributed by atoms with E-state index < -0.39 is 14.0 Å². The second-order valence-corrected chi connectivity index (χ2v) is 37.4. The summed E-state index contributed by atoms with van der Waals surface area (Å²) in [6.45, 7) is 52.1. The molecule has 126 heavy (non-hydrogen) atoms.